The Morgan fingerprint density at radius 3 is 2.67 bits per heavy atom. The first-order valence-corrected chi connectivity index (χ1v) is 7.00. The Labute approximate surface area is 122 Å². The molecule has 0 spiro atoms. The van der Waals surface area contributed by atoms with Crippen molar-refractivity contribution in [3.05, 3.63) is 29.8 Å². The second-order valence-electron chi connectivity index (χ2n) is 5.51. The maximum Gasteiger partial charge on any atom is 0.257 e. The summed E-state index contributed by atoms with van der Waals surface area (Å²) >= 11 is 0. The number of ether oxygens (including phenoxy) is 1. The van der Waals surface area contributed by atoms with E-state index in [0.29, 0.717) is 12.6 Å². The highest BCUT2D eigenvalue weighted by Crippen LogP contribution is 2.36. The Kier molecular flexibility index (Phi) is 5.12. The molecule has 0 atom stereocenters. The van der Waals surface area contributed by atoms with Gasteiger partial charge in [-0.05, 0) is 25.0 Å². The molecule has 1 aliphatic carbocycles. The lowest BCUT2D eigenvalue weighted by Crippen LogP contribution is -2.40. The van der Waals surface area contributed by atoms with E-state index < -0.39 is 17.5 Å². The standard InChI is InChI=1S/C15H19F2NO3/c16-11-3-4-13(12(17)7-11)21-8-14(20)18-9-15(10-19)5-1-2-6-15/h3-4,7,19H,1-2,5-6,8-10H2,(H,18,20). The number of aliphatic hydroxyl groups excluding tert-OH is 1. The van der Waals surface area contributed by atoms with Gasteiger partial charge in [0.1, 0.15) is 5.82 Å². The zero-order valence-corrected chi connectivity index (χ0v) is 11.7. The molecule has 0 aliphatic heterocycles. The van der Waals surface area contributed by atoms with Gasteiger partial charge in [0.05, 0.1) is 6.61 Å². The van der Waals surface area contributed by atoms with E-state index in [1.54, 1.807) is 0 Å². The molecular formula is C15H19F2NO3. The summed E-state index contributed by atoms with van der Waals surface area (Å²) in [5.41, 5.74) is -0.239. The summed E-state index contributed by atoms with van der Waals surface area (Å²) in [5, 5.41) is 12.1. The van der Waals surface area contributed by atoms with Crippen molar-refractivity contribution < 1.29 is 23.4 Å². The summed E-state index contributed by atoms with van der Waals surface area (Å²) in [5.74, 6) is -2.09. The molecule has 1 fully saturated rings. The number of amides is 1. The van der Waals surface area contributed by atoms with E-state index in [-0.39, 0.29) is 24.4 Å². The van der Waals surface area contributed by atoms with Crippen molar-refractivity contribution in [1.29, 1.82) is 0 Å². The van der Waals surface area contributed by atoms with Gasteiger partial charge in [0, 0.05) is 18.0 Å². The molecule has 1 aromatic carbocycles. The second kappa shape index (κ2) is 6.85. The normalized spacial score (nSPS) is 16.7. The molecule has 21 heavy (non-hydrogen) atoms. The van der Waals surface area contributed by atoms with Crippen LogP contribution in [0.1, 0.15) is 25.7 Å². The molecule has 0 heterocycles. The molecule has 0 aromatic heterocycles. The van der Waals surface area contributed by atoms with Crippen molar-refractivity contribution in [1.82, 2.24) is 5.32 Å². The minimum atomic E-state index is -0.842. The van der Waals surface area contributed by atoms with E-state index in [0.717, 1.165) is 37.8 Å². The van der Waals surface area contributed by atoms with Gasteiger partial charge in [-0.1, -0.05) is 12.8 Å². The molecule has 0 unspecified atom stereocenters. The van der Waals surface area contributed by atoms with E-state index in [9.17, 15) is 18.7 Å². The highest BCUT2D eigenvalue weighted by molar-refractivity contribution is 5.77. The average molecular weight is 299 g/mol. The van der Waals surface area contributed by atoms with Gasteiger partial charge in [0.2, 0.25) is 0 Å². The van der Waals surface area contributed by atoms with Crippen molar-refractivity contribution in [2.75, 3.05) is 19.8 Å². The van der Waals surface area contributed by atoms with Gasteiger partial charge in [0.15, 0.2) is 18.2 Å². The van der Waals surface area contributed by atoms with Crippen LogP contribution in [0.15, 0.2) is 18.2 Å². The van der Waals surface area contributed by atoms with Gasteiger partial charge in [0.25, 0.3) is 5.91 Å². The fourth-order valence-corrected chi connectivity index (χ4v) is 2.59. The zero-order chi connectivity index (χ0) is 15.3. The Balaban J connectivity index is 1.79. The lowest BCUT2D eigenvalue weighted by molar-refractivity contribution is -0.123. The average Bonchev–Trinajstić information content (AvgIpc) is 2.94. The van der Waals surface area contributed by atoms with Crippen LogP contribution in [0.5, 0.6) is 5.75 Å². The third-order valence-electron chi connectivity index (χ3n) is 3.91. The second-order valence-corrected chi connectivity index (χ2v) is 5.51. The van der Waals surface area contributed by atoms with Crippen LogP contribution in [-0.2, 0) is 4.79 Å². The van der Waals surface area contributed by atoms with E-state index in [4.69, 9.17) is 4.74 Å². The highest BCUT2D eigenvalue weighted by atomic mass is 19.1. The molecule has 1 aromatic rings. The maximum absolute atomic E-state index is 13.3. The predicted octanol–water partition coefficient (Wildman–Crippen LogP) is 2.01. The number of rotatable bonds is 6. The molecule has 0 saturated heterocycles. The predicted molar refractivity (Wildman–Crippen MR) is 72.8 cm³/mol. The topological polar surface area (TPSA) is 58.6 Å². The van der Waals surface area contributed by atoms with Gasteiger partial charge in [-0.2, -0.15) is 0 Å². The molecule has 116 valence electrons. The summed E-state index contributed by atoms with van der Waals surface area (Å²) in [6.07, 6.45) is 3.87. The van der Waals surface area contributed by atoms with Crippen LogP contribution in [0, 0.1) is 17.0 Å². The number of hydrogen-bond donors (Lipinski definition) is 2. The van der Waals surface area contributed by atoms with E-state index in [1.807, 2.05) is 0 Å². The van der Waals surface area contributed by atoms with Gasteiger partial charge in [-0.25, -0.2) is 8.78 Å². The van der Waals surface area contributed by atoms with Crippen LogP contribution in [0.3, 0.4) is 0 Å². The third-order valence-corrected chi connectivity index (χ3v) is 3.91. The highest BCUT2D eigenvalue weighted by Gasteiger charge is 2.33. The fourth-order valence-electron chi connectivity index (χ4n) is 2.59. The van der Waals surface area contributed by atoms with Gasteiger partial charge in [-0.3, -0.25) is 4.79 Å². The number of nitrogens with one attached hydrogen (secondary N) is 1. The van der Waals surface area contributed by atoms with Crippen molar-refractivity contribution in [2.45, 2.75) is 25.7 Å². The van der Waals surface area contributed by atoms with Crippen molar-refractivity contribution in [3.8, 4) is 5.75 Å². The smallest absolute Gasteiger partial charge is 0.257 e. The third kappa shape index (κ3) is 4.14. The number of halogens is 2. The summed E-state index contributed by atoms with van der Waals surface area (Å²) in [7, 11) is 0. The quantitative estimate of drug-likeness (QED) is 0.845. The summed E-state index contributed by atoms with van der Waals surface area (Å²) in [6.45, 7) is 0.0857. The largest absolute Gasteiger partial charge is 0.481 e. The Hall–Kier alpha value is -1.69. The molecule has 2 rings (SSSR count). The number of carbonyl (C=O) groups excluding carboxylic acids is 1. The monoisotopic (exact) mass is 299 g/mol. The van der Waals surface area contributed by atoms with Crippen LogP contribution in [0.4, 0.5) is 8.78 Å². The number of hydrogen-bond acceptors (Lipinski definition) is 3. The number of benzene rings is 1. The lowest BCUT2D eigenvalue weighted by atomic mass is 9.87. The molecule has 4 nitrogen and oxygen atoms in total. The summed E-state index contributed by atoms with van der Waals surface area (Å²) in [6, 6.07) is 2.91. The minimum Gasteiger partial charge on any atom is -0.481 e. The molecule has 1 aliphatic rings. The summed E-state index contributed by atoms with van der Waals surface area (Å²) in [4.78, 5) is 11.7. The minimum absolute atomic E-state index is 0.0424. The van der Waals surface area contributed by atoms with Crippen molar-refractivity contribution in [2.24, 2.45) is 5.41 Å². The van der Waals surface area contributed by atoms with Crippen LogP contribution in [-0.4, -0.2) is 30.8 Å². The lowest BCUT2D eigenvalue weighted by Gasteiger charge is -2.26. The Bertz CT molecular complexity index is 502. The van der Waals surface area contributed by atoms with Crippen LogP contribution in [0.2, 0.25) is 0 Å². The molecule has 1 saturated carbocycles. The molecule has 6 heteroatoms. The van der Waals surface area contributed by atoms with E-state index >= 15 is 0 Å². The fraction of sp³-hybridized carbons (Fsp3) is 0.533. The van der Waals surface area contributed by atoms with E-state index in [1.165, 1.54) is 0 Å². The van der Waals surface area contributed by atoms with Crippen LogP contribution in [0.25, 0.3) is 0 Å². The van der Waals surface area contributed by atoms with Crippen LogP contribution < -0.4 is 10.1 Å². The number of aliphatic hydroxyl groups is 1. The van der Waals surface area contributed by atoms with Gasteiger partial charge >= 0.3 is 0 Å². The first-order valence-electron chi connectivity index (χ1n) is 7.00. The SMILES string of the molecule is O=C(COc1ccc(F)cc1F)NCC1(CO)CCCC1. The summed E-state index contributed by atoms with van der Waals surface area (Å²) < 4.78 is 31.1. The van der Waals surface area contributed by atoms with Crippen LogP contribution >= 0.6 is 0 Å². The Morgan fingerprint density at radius 2 is 2.05 bits per heavy atom. The number of carbonyl (C=O) groups is 1. The van der Waals surface area contributed by atoms with Crippen molar-refractivity contribution >= 4 is 5.91 Å². The molecule has 1 amide bonds. The Morgan fingerprint density at radius 1 is 1.33 bits per heavy atom. The van der Waals surface area contributed by atoms with Gasteiger partial charge in [-0.15, -0.1) is 0 Å². The molecule has 0 radical (unpaired) electrons. The molecular weight excluding hydrogens is 280 g/mol. The van der Waals surface area contributed by atoms with E-state index in [2.05, 4.69) is 5.32 Å². The zero-order valence-electron chi connectivity index (χ0n) is 11.7. The first-order chi connectivity index (χ1) is 10.0. The maximum atomic E-state index is 13.3. The molecule has 0 bridgehead atoms. The molecule has 2 N–H and O–H groups in total. The first kappa shape index (κ1) is 15.7. The van der Waals surface area contributed by atoms with Crippen molar-refractivity contribution in [3.63, 3.8) is 0 Å². The van der Waals surface area contributed by atoms with Gasteiger partial charge < -0.3 is 15.2 Å².